The van der Waals surface area contributed by atoms with Crippen molar-refractivity contribution in [2.75, 3.05) is 6.61 Å². The van der Waals surface area contributed by atoms with Crippen LogP contribution in [-0.2, 0) is 16.0 Å². The first-order valence-electron chi connectivity index (χ1n) is 6.02. The lowest BCUT2D eigenvalue weighted by Crippen LogP contribution is -2.04. The highest BCUT2D eigenvalue weighted by molar-refractivity contribution is 6.00. The normalized spacial score (nSPS) is 10.1. The Hall–Kier alpha value is -1.55. The molecule has 1 rings (SSSR count). The van der Waals surface area contributed by atoms with E-state index >= 15 is 0 Å². The van der Waals surface area contributed by atoms with E-state index in [-0.39, 0.29) is 5.97 Å². The molecule has 4 heteroatoms. The zero-order valence-corrected chi connectivity index (χ0v) is 13.3. The maximum absolute atomic E-state index is 10.9. The SMILES string of the molecule is C=CC(=O)OCCCc1ccc(O[SiH3])c(C)c1C. The van der Waals surface area contributed by atoms with Crippen LogP contribution in [0.15, 0.2) is 24.8 Å². The molecule has 1 aromatic carbocycles. The summed E-state index contributed by atoms with van der Waals surface area (Å²) in [7, 11) is 0.706. The molecule has 0 saturated heterocycles. The van der Waals surface area contributed by atoms with Crippen LogP contribution in [0.2, 0.25) is 0 Å². The van der Waals surface area contributed by atoms with Crippen molar-refractivity contribution < 1.29 is 14.0 Å². The van der Waals surface area contributed by atoms with Gasteiger partial charge in [-0.2, -0.15) is 0 Å². The Labute approximate surface area is 111 Å². The van der Waals surface area contributed by atoms with E-state index in [0.717, 1.165) is 18.6 Å². The van der Waals surface area contributed by atoms with Crippen LogP contribution in [0.5, 0.6) is 5.75 Å². The Kier molecular flexibility index (Phi) is 5.65. The highest BCUT2D eigenvalue weighted by atomic mass is 28.2. The Morgan fingerprint density at radius 1 is 1.39 bits per heavy atom. The van der Waals surface area contributed by atoms with Crippen molar-refractivity contribution in [1.82, 2.24) is 0 Å². The quantitative estimate of drug-likeness (QED) is 0.339. The fourth-order valence-corrected chi connectivity index (χ4v) is 2.28. The predicted octanol–water partition coefficient (Wildman–Crippen LogP) is 1.62. The lowest BCUT2D eigenvalue weighted by atomic mass is 9.99. The number of rotatable bonds is 6. The summed E-state index contributed by atoms with van der Waals surface area (Å²) < 4.78 is 10.4. The van der Waals surface area contributed by atoms with Gasteiger partial charge in [-0.15, -0.1) is 0 Å². The second kappa shape index (κ2) is 7.01. The first-order valence-corrected chi connectivity index (χ1v) is 6.84. The number of ether oxygens (including phenoxy) is 1. The van der Waals surface area contributed by atoms with E-state index in [1.807, 2.05) is 6.07 Å². The van der Waals surface area contributed by atoms with Crippen molar-refractivity contribution in [2.45, 2.75) is 26.7 Å². The van der Waals surface area contributed by atoms with Crippen molar-refractivity contribution in [3.8, 4) is 5.75 Å². The summed E-state index contributed by atoms with van der Waals surface area (Å²) in [5, 5.41) is 0. The molecule has 0 bridgehead atoms. The average Bonchev–Trinajstić information content (AvgIpc) is 2.39. The highest BCUT2D eigenvalue weighted by Crippen LogP contribution is 2.24. The molecular weight excluding hydrogens is 244 g/mol. The first-order chi connectivity index (χ1) is 8.60. The maximum Gasteiger partial charge on any atom is 0.330 e. The summed E-state index contributed by atoms with van der Waals surface area (Å²) in [4.78, 5) is 10.9. The Morgan fingerprint density at radius 2 is 2.11 bits per heavy atom. The molecule has 0 atom stereocenters. The minimum Gasteiger partial charge on any atom is -0.553 e. The average molecular weight is 264 g/mol. The fourth-order valence-electron chi connectivity index (χ4n) is 1.84. The van der Waals surface area contributed by atoms with Crippen LogP contribution in [0.1, 0.15) is 23.1 Å². The lowest BCUT2D eigenvalue weighted by molar-refractivity contribution is -0.137. The van der Waals surface area contributed by atoms with Crippen molar-refractivity contribution in [1.29, 1.82) is 0 Å². The maximum atomic E-state index is 10.9. The monoisotopic (exact) mass is 264 g/mol. The van der Waals surface area contributed by atoms with Gasteiger partial charge in [-0.25, -0.2) is 4.79 Å². The third-order valence-corrected chi connectivity index (χ3v) is 3.51. The van der Waals surface area contributed by atoms with Crippen molar-refractivity contribution in [3.63, 3.8) is 0 Å². The zero-order valence-electron chi connectivity index (χ0n) is 11.3. The predicted molar refractivity (Wildman–Crippen MR) is 76.0 cm³/mol. The summed E-state index contributed by atoms with van der Waals surface area (Å²) in [5.41, 5.74) is 3.74. The van der Waals surface area contributed by atoms with Gasteiger partial charge in [0.2, 0.25) is 10.5 Å². The molecule has 0 N–H and O–H groups in total. The molecule has 0 saturated carbocycles. The van der Waals surface area contributed by atoms with E-state index in [0.29, 0.717) is 17.1 Å². The van der Waals surface area contributed by atoms with E-state index in [4.69, 9.17) is 9.16 Å². The number of esters is 1. The van der Waals surface area contributed by atoms with E-state index in [1.54, 1.807) is 0 Å². The van der Waals surface area contributed by atoms with Gasteiger partial charge in [0, 0.05) is 6.08 Å². The molecule has 0 unspecified atom stereocenters. The van der Waals surface area contributed by atoms with Crippen molar-refractivity contribution in [2.24, 2.45) is 0 Å². The second-order valence-corrected chi connectivity index (χ2v) is 4.56. The second-order valence-electron chi connectivity index (χ2n) is 4.15. The molecule has 0 aromatic heterocycles. The minimum absolute atomic E-state index is 0.359. The molecule has 0 aliphatic heterocycles. The van der Waals surface area contributed by atoms with Crippen molar-refractivity contribution in [3.05, 3.63) is 41.5 Å². The topological polar surface area (TPSA) is 35.5 Å². The van der Waals surface area contributed by atoms with E-state index in [1.165, 1.54) is 22.8 Å². The van der Waals surface area contributed by atoms with Crippen LogP contribution in [-0.4, -0.2) is 23.1 Å². The fraction of sp³-hybridized carbons (Fsp3) is 0.357. The number of carbonyl (C=O) groups excluding carboxylic acids is 1. The molecule has 0 aliphatic rings. The van der Waals surface area contributed by atoms with E-state index in [2.05, 4.69) is 26.5 Å². The Balaban J connectivity index is 2.55. The first kappa shape index (κ1) is 14.5. The van der Waals surface area contributed by atoms with Gasteiger partial charge in [0.05, 0.1) is 6.61 Å². The van der Waals surface area contributed by atoms with Crippen LogP contribution in [0.25, 0.3) is 0 Å². The largest absolute Gasteiger partial charge is 0.553 e. The highest BCUT2D eigenvalue weighted by Gasteiger charge is 2.06. The third-order valence-electron chi connectivity index (χ3n) is 3.07. The van der Waals surface area contributed by atoms with Gasteiger partial charge < -0.3 is 9.16 Å². The van der Waals surface area contributed by atoms with Crippen molar-refractivity contribution >= 4 is 16.5 Å². The van der Waals surface area contributed by atoms with E-state index in [9.17, 15) is 4.79 Å². The summed E-state index contributed by atoms with van der Waals surface area (Å²) in [5.74, 6) is 0.614. The van der Waals surface area contributed by atoms with Gasteiger partial charge >= 0.3 is 5.97 Å². The number of hydrogen-bond donors (Lipinski definition) is 0. The molecule has 1 aromatic rings. The number of aryl methyl sites for hydroxylation is 1. The third kappa shape index (κ3) is 3.73. The Bertz CT molecular complexity index is 441. The van der Waals surface area contributed by atoms with Crippen LogP contribution in [0, 0.1) is 13.8 Å². The van der Waals surface area contributed by atoms with Gasteiger partial charge in [0.25, 0.3) is 0 Å². The lowest BCUT2D eigenvalue weighted by Gasteiger charge is -2.13. The van der Waals surface area contributed by atoms with Crippen LogP contribution >= 0.6 is 0 Å². The zero-order chi connectivity index (χ0) is 13.5. The van der Waals surface area contributed by atoms with Gasteiger partial charge in [-0.3, -0.25) is 0 Å². The summed E-state index contributed by atoms with van der Waals surface area (Å²) >= 11 is 0. The summed E-state index contributed by atoms with van der Waals surface area (Å²) in [6, 6.07) is 4.10. The smallest absolute Gasteiger partial charge is 0.330 e. The van der Waals surface area contributed by atoms with Crippen LogP contribution < -0.4 is 4.43 Å². The molecule has 18 heavy (non-hydrogen) atoms. The van der Waals surface area contributed by atoms with Gasteiger partial charge in [0.1, 0.15) is 5.75 Å². The summed E-state index contributed by atoms with van der Waals surface area (Å²) in [6.45, 7) is 7.96. The van der Waals surface area contributed by atoms with Crippen LogP contribution in [0.4, 0.5) is 0 Å². The molecule has 0 fully saturated rings. The standard InChI is InChI=1S/C14H20O3Si/c1-4-14(15)16-9-5-6-12-7-8-13(17-18)11(3)10(12)2/h4,7-8H,1,5-6,9H2,2-3,18H3. The van der Waals surface area contributed by atoms with Gasteiger partial charge in [0.15, 0.2) is 0 Å². The number of benzene rings is 1. The van der Waals surface area contributed by atoms with E-state index < -0.39 is 0 Å². The van der Waals surface area contributed by atoms with Gasteiger partial charge in [-0.1, -0.05) is 12.6 Å². The molecule has 0 spiro atoms. The molecule has 3 nitrogen and oxygen atoms in total. The molecule has 98 valence electrons. The molecule has 0 aliphatic carbocycles. The molecular formula is C14H20O3Si. The minimum atomic E-state index is -0.359. The summed E-state index contributed by atoms with van der Waals surface area (Å²) in [6.07, 6.45) is 2.91. The number of hydrogen-bond acceptors (Lipinski definition) is 3. The number of carbonyl (C=O) groups is 1. The Morgan fingerprint density at radius 3 is 2.72 bits per heavy atom. The van der Waals surface area contributed by atoms with Gasteiger partial charge in [-0.05, 0) is 49.4 Å². The van der Waals surface area contributed by atoms with Crippen LogP contribution in [0.3, 0.4) is 0 Å². The molecule has 0 radical (unpaired) electrons. The molecule has 0 heterocycles. The molecule has 0 amide bonds.